The Labute approximate surface area is 197 Å². The molecule has 0 heterocycles. The van der Waals surface area contributed by atoms with Crippen molar-refractivity contribution < 1.29 is 13.5 Å². The first kappa shape index (κ1) is 23.6. The summed E-state index contributed by atoms with van der Waals surface area (Å²) in [5.74, 6) is 7.29. The van der Waals surface area contributed by atoms with E-state index in [0.29, 0.717) is 11.5 Å². The molecule has 174 valence electrons. The van der Waals surface area contributed by atoms with Crippen LogP contribution in [0.3, 0.4) is 0 Å². The molecular weight excluding hydrogens is 414 g/mol. The summed E-state index contributed by atoms with van der Waals surface area (Å²) in [5.41, 5.74) is 1.39. The molecule has 4 unspecified atom stereocenters. The van der Waals surface area contributed by atoms with Crippen molar-refractivity contribution in [2.24, 2.45) is 17.8 Å². The number of rotatable bonds is 5. The molecule has 3 heteroatoms. The van der Waals surface area contributed by atoms with Gasteiger partial charge in [0, 0.05) is 5.56 Å². The van der Waals surface area contributed by atoms with Crippen molar-refractivity contribution in [2.75, 3.05) is 7.11 Å². The number of allylic oxidation sites excluding steroid dienone is 2. The summed E-state index contributed by atoms with van der Waals surface area (Å²) in [6.07, 6.45) is 13.8. The predicted molar refractivity (Wildman–Crippen MR) is 130 cm³/mol. The molecule has 4 atom stereocenters. The molecule has 2 aliphatic carbocycles. The van der Waals surface area contributed by atoms with E-state index in [1.807, 2.05) is 12.1 Å². The van der Waals surface area contributed by atoms with Gasteiger partial charge in [0.25, 0.3) is 0 Å². The third-order valence-corrected chi connectivity index (χ3v) is 7.68. The monoisotopic (exact) mass is 448 g/mol. The summed E-state index contributed by atoms with van der Waals surface area (Å²) in [7, 11) is 1.60. The van der Waals surface area contributed by atoms with Crippen molar-refractivity contribution in [3.8, 4) is 17.6 Å². The van der Waals surface area contributed by atoms with Gasteiger partial charge in [-0.1, -0.05) is 36.5 Å². The smallest absolute Gasteiger partial charge is 0.174 e. The topological polar surface area (TPSA) is 9.23 Å². The van der Waals surface area contributed by atoms with Crippen molar-refractivity contribution in [1.82, 2.24) is 0 Å². The average molecular weight is 449 g/mol. The Kier molecular flexibility index (Phi) is 7.86. The summed E-state index contributed by atoms with van der Waals surface area (Å²) in [5, 5.41) is 0. The third-order valence-electron chi connectivity index (χ3n) is 7.68. The minimum absolute atomic E-state index is 0.113. The second kappa shape index (κ2) is 11.0. The SMILES string of the molecule is C/C=C/CCC1CCC2CC(c3ccc(C#Cc4ccc(OC)cc4)c(F)c3F)CCC2C1. The van der Waals surface area contributed by atoms with E-state index in [2.05, 4.69) is 30.9 Å². The molecule has 0 amide bonds. The van der Waals surface area contributed by atoms with Crippen LogP contribution in [0.1, 0.15) is 80.9 Å². The third kappa shape index (κ3) is 5.67. The van der Waals surface area contributed by atoms with E-state index in [-0.39, 0.29) is 11.5 Å². The van der Waals surface area contributed by atoms with Crippen LogP contribution in [-0.4, -0.2) is 7.11 Å². The van der Waals surface area contributed by atoms with Crippen LogP contribution in [0.15, 0.2) is 48.6 Å². The van der Waals surface area contributed by atoms with Gasteiger partial charge in [0.15, 0.2) is 11.6 Å². The highest BCUT2D eigenvalue weighted by molar-refractivity contribution is 5.46. The Balaban J connectivity index is 1.41. The molecule has 1 nitrogen and oxygen atoms in total. The number of fused-ring (bicyclic) bond motifs is 1. The van der Waals surface area contributed by atoms with Crippen LogP contribution < -0.4 is 4.74 Å². The minimum Gasteiger partial charge on any atom is -0.497 e. The number of halogens is 2. The van der Waals surface area contributed by atoms with Gasteiger partial charge in [0.2, 0.25) is 0 Å². The van der Waals surface area contributed by atoms with E-state index in [4.69, 9.17) is 4.74 Å². The molecule has 2 aromatic rings. The second-order valence-corrected chi connectivity index (χ2v) is 9.66. The van der Waals surface area contributed by atoms with E-state index >= 15 is 4.39 Å². The van der Waals surface area contributed by atoms with Gasteiger partial charge in [-0.25, -0.2) is 8.78 Å². The highest BCUT2D eigenvalue weighted by atomic mass is 19.2. The standard InChI is InChI=1S/C30H34F2O/c1-3-4-5-6-22-8-12-25-20-26(14-13-24(25)19-22)28-18-15-23(29(31)30(28)32)11-7-21-9-16-27(33-2)17-10-21/h3-4,9-10,15-18,22,24-26H,5-6,8,12-14,19-20H2,1-2H3/b4-3+. The zero-order valence-corrected chi connectivity index (χ0v) is 19.7. The average Bonchev–Trinajstić information content (AvgIpc) is 2.85. The summed E-state index contributed by atoms with van der Waals surface area (Å²) in [6.45, 7) is 2.08. The molecule has 2 aliphatic rings. The summed E-state index contributed by atoms with van der Waals surface area (Å²) in [6, 6.07) is 10.6. The molecule has 0 N–H and O–H groups in total. The van der Waals surface area contributed by atoms with E-state index < -0.39 is 11.6 Å². The van der Waals surface area contributed by atoms with Gasteiger partial charge in [-0.2, -0.15) is 0 Å². The molecule has 0 aliphatic heterocycles. The predicted octanol–water partition coefficient (Wildman–Crippen LogP) is 8.03. The highest BCUT2D eigenvalue weighted by Gasteiger charge is 2.36. The maximum Gasteiger partial charge on any atom is 0.174 e. The molecule has 0 spiro atoms. The Bertz CT molecular complexity index is 1030. The van der Waals surface area contributed by atoms with Gasteiger partial charge < -0.3 is 4.74 Å². The lowest BCUT2D eigenvalue weighted by Gasteiger charge is -2.42. The number of benzene rings is 2. The largest absolute Gasteiger partial charge is 0.497 e. The van der Waals surface area contributed by atoms with Crippen molar-refractivity contribution in [2.45, 2.75) is 64.2 Å². The van der Waals surface area contributed by atoms with Crippen molar-refractivity contribution >= 4 is 0 Å². The van der Waals surface area contributed by atoms with Crippen LogP contribution in [0.2, 0.25) is 0 Å². The summed E-state index contributed by atoms with van der Waals surface area (Å²) >= 11 is 0. The van der Waals surface area contributed by atoms with E-state index in [0.717, 1.165) is 42.4 Å². The lowest BCUT2D eigenvalue weighted by Crippen LogP contribution is -2.30. The molecule has 0 bridgehead atoms. The minimum atomic E-state index is -0.816. The Hall–Kier alpha value is -2.60. The van der Waals surface area contributed by atoms with Crippen LogP contribution in [0.5, 0.6) is 5.75 Å². The molecule has 4 rings (SSSR count). The maximum absolute atomic E-state index is 15.1. The van der Waals surface area contributed by atoms with Crippen LogP contribution in [0.25, 0.3) is 0 Å². The van der Waals surface area contributed by atoms with E-state index in [9.17, 15) is 4.39 Å². The molecule has 0 radical (unpaired) electrons. The molecule has 33 heavy (non-hydrogen) atoms. The van der Waals surface area contributed by atoms with Crippen LogP contribution in [0, 0.1) is 41.2 Å². The van der Waals surface area contributed by atoms with E-state index in [1.54, 1.807) is 31.4 Å². The molecule has 2 aromatic carbocycles. The first-order chi connectivity index (χ1) is 16.1. The van der Waals surface area contributed by atoms with E-state index in [1.165, 1.54) is 32.1 Å². The Morgan fingerprint density at radius 1 is 0.909 bits per heavy atom. The fourth-order valence-electron chi connectivity index (χ4n) is 5.82. The van der Waals surface area contributed by atoms with Crippen LogP contribution >= 0.6 is 0 Å². The second-order valence-electron chi connectivity index (χ2n) is 9.66. The van der Waals surface area contributed by atoms with Crippen molar-refractivity contribution in [1.29, 1.82) is 0 Å². The first-order valence-electron chi connectivity index (χ1n) is 12.3. The molecule has 2 fully saturated rings. The number of hydrogen-bond acceptors (Lipinski definition) is 1. The van der Waals surface area contributed by atoms with Crippen molar-refractivity contribution in [3.63, 3.8) is 0 Å². The van der Waals surface area contributed by atoms with Crippen LogP contribution in [-0.2, 0) is 0 Å². The Morgan fingerprint density at radius 2 is 1.67 bits per heavy atom. The lowest BCUT2D eigenvalue weighted by atomic mass is 9.63. The van der Waals surface area contributed by atoms with Crippen molar-refractivity contribution in [3.05, 3.63) is 76.9 Å². The fourth-order valence-corrected chi connectivity index (χ4v) is 5.82. The normalized spacial score (nSPS) is 24.7. The van der Waals surface area contributed by atoms with Gasteiger partial charge in [0.05, 0.1) is 12.7 Å². The summed E-state index contributed by atoms with van der Waals surface area (Å²) in [4.78, 5) is 0. The van der Waals surface area contributed by atoms with Gasteiger partial charge >= 0.3 is 0 Å². The quantitative estimate of drug-likeness (QED) is 0.332. The maximum atomic E-state index is 15.1. The number of methoxy groups -OCH3 is 1. The molecule has 2 saturated carbocycles. The first-order valence-corrected chi connectivity index (χ1v) is 12.3. The molecule has 0 aromatic heterocycles. The van der Waals surface area contributed by atoms with Crippen LogP contribution in [0.4, 0.5) is 8.78 Å². The molecule has 0 saturated heterocycles. The fraction of sp³-hybridized carbons (Fsp3) is 0.467. The van der Waals surface area contributed by atoms with Gasteiger partial charge in [-0.3, -0.25) is 0 Å². The zero-order chi connectivity index (χ0) is 23.2. The molecular formula is C30H34F2O. The lowest BCUT2D eigenvalue weighted by molar-refractivity contribution is 0.114. The summed E-state index contributed by atoms with van der Waals surface area (Å²) < 4.78 is 35.1. The number of ether oxygens (including phenoxy) is 1. The highest BCUT2D eigenvalue weighted by Crippen LogP contribution is 2.48. The van der Waals surface area contributed by atoms with Gasteiger partial charge in [-0.05, 0) is 111 Å². The number of hydrogen-bond donors (Lipinski definition) is 0. The zero-order valence-electron chi connectivity index (χ0n) is 19.7. The Morgan fingerprint density at radius 3 is 2.42 bits per heavy atom. The van der Waals surface area contributed by atoms with Gasteiger partial charge in [0.1, 0.15) is 5.75 Å². The van der Waals surface area contributed by atoms with Gasteiger partial charge in [-0.15, -0.1) is 0 Å².